The molecule has 4 heteroatoms. The van der Waals surface area contributed by atoms with Gasteiger partial charge in [0.25, 0.3) is 0 Å². The highest BCUT2D eigenvalue weighted by Crippen LogP contribution is 2.23. The zero-order chi connectivity index (χ0) is 12.0. The van der Waals surface area contributed by atoms with Crippen LogP contribution in [-0.4, -0.2) is 31.8 Å². The van der Waals surface area contributed by atoms with Gasteiger partial charge in [0.1, 0.15) is 0 Å². The number of urea groups is 1. The van der Waals surface area contributed by atoms with Gasteiger partial charge in [-0.3, -0.25) is 0 Å². The maximum absolute atomic E-state index is 11.6. The lowest BCUT2D eigenvalue weighted by atomic mass is 9.87. The molecule has 2 N–H and O–H groups in total. The lowest BCUT2D eigenvalue weighted by molar-refractivity contribution is 0.169. The Morgan fingerprint density at radius 3 is 2.56 bits per heavy atom. The number of hydrogen-bond donors (Lipinski definition) is 2. The lowest BCUT2D eigenvalue weighted by Crippen LogP contribution is -2.47. The first-order chi connectivity index (χ1) is 7.61. The van der Waals surface area contributed by atoms with Crippen LogP contribution in [0.1, 0.15) is 39.5 Å². The van der Waals surface area contributed by atoms with Crippen LogP contribution in [0.25, 0.3) is 0 Å². The standard InChI is InChI=1S/C12H24N2O2/c1-9-4-6-11(7-5-9)14-12(15)13-10(2)8-16-3/h9-11H,4-8H2,1-3H3,(H2,13,14,15). The minimum Gasteiger partial charge on any atom is -0.383 e. The first-order valence-corrected chi connectivity index (χ1v) is 6.17. The van der Waals surface area contributed by atoms with E-state index in [4.69, 9.17) is 4.74 Å². The molecule has 0 radical (unpaired) electrons. The Kier molecular flexibility index (Phi) is 5.60. The quantitative estimate of drug-likeness (QED) is 0.772. The number of methoxy groups -OCH3 is 1. The topological polar surface area (TPSA) is 50.4 Å². The van der Waals surface area contributed by atoms with Crippen molar-refractivity contribution < 1.29 is 9.53 Å². The first-order valence-electron chi connectivity index (χ1n) is 6.17. The van der Waals surface area contributed by atoms with Gasteiger partial charge in [-0.05, 0) is 38.5 Å². The summed E-state index contributed by atoms with van der Waals surface area (Å²) in [6.07, 6.45) is 4.65. The van der Waals surface area contributed by atoms with Crippen molar-refractivity contribution in [2.45, 2.75) is 51.6 Å². The molecule has 2 amide bonds. The third-order valence-corrected chi connectivity index (χ3v) is 3.15. The molecule has 1 unspecified atom stereocenters. The molecule has 0 aliphatic heterocycles. The molecule has 0 aromatic heterocycles. The maximum atomic E-state index is 11.6. The summed E-state index contributed by atoms with van der Waals surface area (Å²) in [5.74, 6) is 0.813. The van der Waals surface area contributed by atoms with Crippen molar-refractivity contribution in [2.24, 2.45) is 5.92 Å². The Morgan fingerprint density at radius 1 is 1.38 bits per heavy atom. The van der Waals surface area contributed by atoms with Gasteiger partial charge in [0.15, 0.2) is 0 Å². The monoisotopic (exact) mass is 228 g/mol. The van der Waals surface area contributed by atoms with Gasteiger partial charge in [0.05, 0.1) is 12.6 Å². The second-order valence-electron chi connectivity index (χ2n) is 4.93. The van der Waals surface area contributed by atoms with Gasteiger partial charge >= 0.3 is 6.03 Å². The molecular weight excluding hydrogens is 204 g/mol. The predicted octanol–water partition coefficient (Wildman–Crippen LogP) is 1.90. The molecule has 1 fully saturated rings. The minimum atomic E-state index is -0.0656. The van der Waals surface area contributed by atoms with Gasteiger partial charge in [-0.15, -0.1) is 0 Å². The number of rotatable bonds is 4. The number of nitrogens with one attached hydrogen (secondary N) is 2. The fourth-order valence-corrected chi connectivity index (χ4v) is 2.15. The summed E-state index contributed by atoms with van der Waals surface area (Å²) in [4.78, 5) is 11.6. The van der Waals surface area contributed by atoms with Crippen molar-refractivity contribution in [2.75, 3.05) is 13.7 Å². The molecule has 94 valence electrons. The van der Waals surface area contributed by atoms with E-state index in [0.29, 0.717) is 12.6 Å². The van der Waals surface area contributed by atoms with Gasteiger partial charge < -0.3 is 15.4 Å². The van der Waals surface area contributed by atoms with Crippen molar-refractivity contribution in [1.82, 2.24) is 10.6 Å². The van der Waals surface area contributed by atoms with E-state index in [2.05, 4.69) is 17.6 Å². The summed E-state index contributed by atoms with van der Waals surface area (Å²) in [6.45, 7) is 4.76. The average Bonchev–Trinajstić information content (AvgIpc) is 2.21. The van der Waals surface area contributed by atoms with Gasteiger partial charge in [-0.25, -0.2) is 4.79 Å². The molecule has 1 rings (SSSR count). The van der Waals surface area contributed by atoms with E-state index in [-0.39, 0.29) is 12.1 Å². The molecule has 0 bridgehead atoms. The number of amides is 2. The van der Waals surface area contributed by atoms with Crippen molar-refractivity contribution in [1.29, 1.82) is 0 Å². The van der Waals surface area contributed by atoms with Crippen LogP contribution in [0, 0.1) is 5.92 Å². The van der Waals surface area contributed by atoms with Crippen molar-refractivity contribution in [3.05, 3.63) is 0 Å². The highest BCUT2D eigenvalue weighted by Gasteiger charge is 2.19. The Bertz CT molecular complexity index is 213. The Morgan fingerprint density at radius 2 is 2.00 bits per heavy atom. The molecule has 1 atom stereocenters. The van der Waals surface area contributed by atoms with Crippen LogP contribution in [0.2, 0.25) is 0 Å². The molecule has 4 nitrogen and oxygen atoms in total. The van der Waals surface area contributed by atoms with E-state index >= 15 is 0 Å². The van der Waals surface area contributed by atoms with Gasteiger partial charge in [-0.1, -0.05) is 6.92 Å². The molecule has 1 aliphatic rings. The molecule has 0 spiro atoms. The smallest absolute Gasteiger partial charge is 0.315 e. The average molecular weight is 228 g/mol. The van der Waals surface area contributed by atoms with Crippen LogP contribution in [-0.2, 0) is 4.74 Å². The van der Waals surface area contributed by atoms with Crippen LogP contribution >= 0.6 is 0 Å². The predicted molar refractivity (Wildman–Crippen MR) is 64.4 cm³/mol. The van der Waals surface area contributed by atoms with Crippen molar-refractivity contribution in [3.8, 4) is 0 Å². The zero-order valence-corrected chi connectivity index (χ0v) is 10.6. The Balaban J connectivity index is 2.18. The van der Waals surface area contributed by atoms with Gasteiger partial charge in [-0.2, -0.15) is 0 Å². The third-order valence-electron chi connectivity index (χ3n) is 3.15. The molecular formula is C12H24N2O2. The highest BCUT2D eigenvalue weighted by atomic mass is 16.5. The fourth-order valence-electron chi connectivity index (χ4n) is 2.15. The van der Waals surface area contributed by atoms with E-state index in [0.717, 1.165) is 18.8 Å². The molecule has 0 heterocycles. The summed E-state index contributed by atoms with van der Waals surface area (Å²) >= 11 is 0. The van der Waals surface area contributed by atoms with Crippen LogP contribution in [0.4, 0.5) is 4.79 Å². The van der Waals surface area contributed by atoms with Crippen LogP contribution in [0.15, 0.2) is 0 Å². The summed E-state index contributed by atoms with van der Waals surface area (Å²) in [6, 6.07) is 0.350. The molecule has 1 saturated carbocycles. The summed E-state index contributed by atoms with van der Waals surface area (Å²) in [5.41, 5.74) is 0. The van der Waals surface area contributed by atoms with E-state index in [1.165, 1.54) is 12.8 Å². The molecule has 0 saturated heterocycles. The normalized spacial score (nSPS) is 27.2. The van der Waals surface area contributed by atoms with E-state index < -0.39 is 0 Å². The molecule has 16 heavy (non-hydrogen) atoms. The number of carbonyl (C=O) groups is 1. The van der Waals surface area contributed by atoms with Gasteiger partial charge in [0.2, 0.25) is 0 Å². The zero-order valence-electron chi connectivity index (χ0n) is 10.6. The number of hydrogen-bond acceptors (Lipinski definition) is 2. The van der Waals surface area contributed by atoms with Crippen LogP contribution in [0.3, 0.4) is 0 Å². The largest absolute Gasteiger partial charge is 0.383 e. The van der Waals surface area contributed by atoms with Crippen molar-refractivity contribution in [3.63, 3.8) is 0 Å². The van der Waals surface area contributed by atoms with E-state index in [1.807, 2.05) is 6.92 Å². The van der Waals surface area contributed by atoms with Crippen molar-refractivity contribution >= 4 is 6.03 Å². The van der Waals surface area contributed by atoms with E-state index in [1.54, 1.807) is 7.11 Å². The first kappa shape index (κ1) is 13.3. The SMILES string of the molecule is COCC(C)NC(=O)NC1CCC(C)CC1. The Hall–Kier alpha value is -0.770. The number of ether oxygens (including phenoxy) is 1. The summed E-state index contributed by atoms with van der Waals surface area (Å²) in [7, 11) is 1.64. The molecule has 0 aromatic rings. The highest BCUT2D eigenvalue weighted by molar-refractivity contribution is 5.74. The minimum absolute atomic E-state index is 0.0625. The van der Waals surface area contributed by atoms with E-state index in [9.17, 15) is 4.79 Å². The summed E-state index contributed by atoms with van der Waals surface area (Å²) < 4.78 is 4.97. The second kappa shape index (κ2) is 6.74. The lowest BCUT2D eigenvalue weighted by Gasteiger charge is -2.27. The third kappa shape index (κ3) is 4.84. The van der Waals surface area contributed by atoms with Gasteiger partial charge in [0, 0.05) is 13.2 Å². The Labute approximate surface area is 98.1 Å². The second-order valence-corrected chi connectivity index (χ2v) is 4.93. The summed E-state index contributed by atoms with van der Waals surface area (Å²) in [5, 5.41) is 5.89. The van der Waals surface area contributed by atoms with Crippen LogP contribution < -0.4 is 10.6 Å². The number of carbonyl (C=O) groups excluding carboxylic acids is 1. The van der Waals surface area contributed by atoms with Crippen LogP contribution in [0.5, 0.6) is 0 Å². The fraction of sp³-hybridized carbons (Fsp3) is 0.917. The maximum Gasteiger partial charge on any atom is 0.315 e. The molecule has 1 aliphatic carbocycles. The molecule has 0 aromatic carbocycles.